The van der Waals surface area contributed by atoms with Crippen LogP contribution in [0.4, 0.5) is 4.39 Å². The molecule has 1 N–H and O–H groups in total. The summed E-state index contributed by atoms with van der Waals surface area (Å²) in [5.74, 6) is 2.81. The van der Waals surface area contributed by atoms with Crippen molar-refractivity contribution in [1.82, 2.24) is 5.32 Å². The average Bonchev–Trinajstić information content (AvgIpc) is 2.31. The van der Waals surface area contributed by atoms with Crippen LogP contribution in [0.15, 0.2) is 18.2 Å². The molecule has 16 heavy (non-hydrogen) atoms. The van der Waals surface area contributed by atoms with Crippen LogP contribution in [0.2, 0.25) is 0 Å². The number of ether oxygens (including phenoxy) is 1. The van der Waals surface area contributed by atoms with Gasteiger partial charge in [-0.1, -0.05) is 6.07 Å². The first-order valence-corrected chi connectivity index (χ1v) is 5.17. The van der Waals surface area contributed by atoms with Crippen LogP contribution < -0.4 is 10.1 Å². The molecule has 2 nitrogen and oxygen atoms in total. The van der Waals surface area contributed by atoms with Gasteiger partial charge in [0.05, 0.1) is 7.11 Å². The van der Waals surface area contributed by atoms with Crippen molar-refractivity contribution in [3.05, 3.63) is 29.6 Å². The van der Waals surface area contributed by atoms with Gasteiger partial charge < -0.3 is 10.1 Å². The van der Waals surface area contributed by atoms with E-state index in [4.69, 9.17) is 11.2 Å². The molecule has 0 radical (unpaired) electrons. The Morgan fingerprint density at radius 1 is 1.56 bits per heavy atom. The third kappa shape index (κ3) is 2.98. The van der Waals surface area contributed by atoms with E-state index < -0.39 is 0 Å². The van der Waals surface area contributed by atoms with Crippen molar-refractivity contribution in [1.29, 1.82) is 0 Å². The average molecular weight is 221 g/mol. The van der Waals surface area contributed by atoms with Gasteiger partial charge in [0, 0.05) is 24.1 Å². The molecule has 1 rings (SSSR count). The Hall–Kier alpha value is -1.53. The SMILES string of the molecule is C#CCCC(NC)c1ccc(OC)cc1F. The van der Waals surface area contributed by atoms with Crippen molar-refractivity contribution in [2.75, 3.05) is 14.2 Å². The Kier molecular flexibility index (Phi) is 4.81. The standard InChI is InChI=1S/C13H16FNO/c1-4-5-6-13(15-2)11-8-7-10(16-3)9-12(11)14/h1,7-9,13,15H,5-6H2,2-3H3. The topological polar surface area (TPSA) is 21.3 Å². The van der Waals surface area contributed by atoms with E-state index in [0.29, 0.717) is 17.7 Å². The monoisotopic (exact) mass is 221 g/mol. The van der Waals surface area contributed by atoms with Crippen molar-refractivity contribution >= 4 is 0 Å². The second-order valence-corrected chi connectivity index (χ2v) is 3.47. The van der Waals surface area contributed by atoms with Crippen LogP contribution in [-0.2, 0) is 0 Å². The number of hydrogen-bond acceptors (Lipinski definition) is 2. The Bertz CT molecular complexity index is 384. The zero-order valence-corrected chi connectivity index (χ0v) is 9.59. The van der Waals surface area contributed by atoms with Gasteiger partial charge in [-0.15, -0.1) is 12.3 Å². The predicted molar refractivity (Wildman–Crippen MR) is 62.8 cm³/mol. The Labute approximate surface area is 95.8 Å². The minimum Gasteiger partial charge on any atom is -0.497 e. The first-order valence-electron chi connectivity index (χ1n) is 5.17. The predicted octanol–water partition coefficient (Wildman–Crippen LogP) is 2.51. The molecule has 0 amide bonds. The zero-order valence-electron chi connectivity index (χ0n) is 9.59. The van der Waals surface area contributed by atoms with Crippen molar-refractivity contribution in [3.63, 3.8) is 0 Å². The van der Waals surface area contributed by atoms with E-state index in [2.05, 4.69) is 11.2 Å². The lowest BCUT2D eigenvalue weighted by molar-refractivity contribution is 0.409. The Morgan fingerprint density at radius 3 is 2.81 bits per heavy atom. The van der Waals surface area contributed by atoms with Gasteiger partial charge in [-0.2, -0.15) is 0 Å². The minimum absolute atomic E-state index is 0.0537. The fourth-order valence-corrected chi connectivity index (χ4v) is 1.60. The molecule has 1 unspecified atom stereocenters. The van der Waals surface area contributed by atoms with Gasteiger partial charge in [0.1, 0.15) is 11.6 Å². The lowest BCUT2D eigenvalue weighted by atomic mass is 10.0. The molecule has 0 saturated heterocycles. The number of halogens is 1. The van der Waals surface area contributed by atoms with E-state index in [9.17, 15) is 4.39 Å². The zero-order chi connectivity index (χ0) is 12.0. The fraction of sp³-hybridized carbons (Fsp3) is 0.385. The van der Waals surface area contributed by atoms with Crippen molar-refractivity contribution in [2.45, 2.75) is 18.9 Å². The van der Waals surface area contributed by atoms with Crippen LogP contribution in [0.3, 0.4) is 0 Å². The third-order valence-corrected chi connectivity index (χ3v) is 2.51. The van der Waals surface area contributed by atoms with Crippen molar-refractivity contribution < 1.29 is 9.13 Å². The molecule has 0 aliphatic carbocycles. The van der Waals surface area contributed by atoms with Gasteiger partial charge in [-0.3, -0.25) is 0 Å². The van der Waals surface area contributed by atoms with Crippen LogP contribution in [0, 0.1) is 18.2 Å². The molecule has 0 fully saturated rings. The summed E-state index contributed by atoms with van der Waals surface area (Å²) in [7, 11) is 3.31. The van der Waals surface area contributed by atoms with Crippen LogP contribution in [-0.4, -0.2) is 14.2 Å². The largest absolute Gasteiger partial charge is 0.497 e. The van der Waals surface area contributed by atoms with Crippen LogP contribution in [0.25, 0.3) is 0 Å². The Balaban J connectivity index is 2.88. The highest BCUT2D eigenvalue weighted by Crippen LogP contribution is 2.24. The summed E-state index contributed by atoms with van der Waals surface area (Å²) in [6.07, 6.45) is 6.54. The number of methoxy groups -OCH3 is 1. The molecule has 1 atom stereocenters. The van der Waals surface area contributed by atoms with Gasteiger partial charge in [0.2, 0.25) is 0 Å². The molecule has 0 aliphatic heterocycles. The molecule has 1 aromatic rings. The highest BCUT2D eigenvalue weighted by molar-refractivity contribution is 5.30. The van der Waals surface area contributed by atoms with E-state index in [1.54, 1.807) is 19.2 Å². The molecule has 0 saturated carbocycles. The first-order chi connectivity index (χ1) is 7.72. The smallest absolute Gasteiger partial charge is 0.131 e. The number of terminal acetylenes is 1. The summed E-state index contributed by atoms with van der Waals surface area (Å²) in [4.78, 5) is 0. The molecule has 0 aliphatic rings. The molecule has 3 heteroatoms. The third-order valence-electron chi connectivity index (χ3n) is 2.51. The van der Waals surface area contributed by atoms with Gasteiger partial charge in [0.15, 0.2) is 0 Å². The van der Waals surface area contributed by atoms with E-state index in [0.717, 1.165) is 6.42 Å². The molecule has 86 valence electrons. The Morgan fingerprint density at radius 2 is 2.31 bits per heavy atom. The number of nitrogens with one attached hydrogen (secondary N) is 1. The quantitative estimate of drug-likeness (QED) is 0.771. The van der Waals surface area contributed by atoms with Gasteiger partial charge in [-0.25, -0.2) is 4.39 Å². The molecule has 0 heterocycles. The van der Waals surface area contributed by atoms with Crippen molar-refractivity contribution in [3.8, 4) is 18.1 Å². The molecular formula is C13H16FNO. The molecule has 0 spiro atoms. The minimum atomic E-state index is -0.268. The van der Waals surface area contributed by atoms with E-state index in [-0.39, 0.29) is 11.9 Å². The summed E-state index contributed by atoms with van der Waals surface area (Å²) in [5, 5.41) is 3.06. The summed E-state index contributed by atoms with van der Waals surface area (Å²) in [6.45, 7) is 0. The van der Waals surface area contributed by atoms with Crippen LogP contribution >= 0.6 is 0 Å². The maximum Gasteiger partial charge on any atom is 0.131 e. The van der Waals surface area contributed by atoms with E-state index in [1.807, 2.05) is 0 Å². The molecule has 1 aromatic carbocycles. The van der Waals surface area contributed by atoms with Gasteiger partial charge in [-0.05, 0) is 19.5 Å². The number of hydrogen-bond donors (Lipinski definition) is 1. The summed E-state index contributed by atoms with van der Waals surface area (Å²) in [6, 6.07) is 4.81. The summed E-state index contributed by atoms with van der Waals surface area (Å²) < 4.78 is 18.7. The second-order valence-electron chi connectivity index (χ2n) is 3.47. The number of benzene rings is 1. The van der Waals surface area contributed by atoms with Gasteiger partial charge in [0.25, 0.3) is 0 Å². The van der Waals surface area contributed by atoms with Crippen LogP contribution in [0.5, 0.6) is 5.75 Å². The van der Waals surface area contributed by atoms with Gasteiger partial charge >= 0.3 is 0 Å². The summed E-state index contributed by atoms with van der Waals surface area (Å²) in [5.41, 5.74) is 0.624. The highest BCUT2D eigenvalue weighted by atomic mass is 19.1. The number of rotatable bonds is 5. The molecule has 0 aromatic heterocycles. The molecule has 0 bridgehead atoms. The molecular weight excluding hydrogens is 205 g/mol. The second kappa shape index (κ2) is 6.14. The normalized spacial score (nSPS) is 11.9. The van der Waals surface area contributed by atoms with E-state index >= 15 is 0 Å². The summed E-state index contributed by atoms with van der Waals surface area (Å²) >= 11 is 0. The maximum atomic E-state index is 13.7. The van der Waals surface area contributed by atoms with E-state index in [1.165, 1.54) is 13.2 Å². The van der Waals surface area contributed by atoms with Crippen LogP contribution in [0.1, 0.15) is 24.4 Å². The highest BCUT2D eigenvalue weighted by Gasteiger charge is 2.13. The maximum absolute atomic E-state index is 13.7. The first kappa shape index (κ1) is 12.5. The lowest BCUT2D eigenvalue weighted by Gasteiger charge is -2.16. The van der Waals surface area contributed by atoms with Crippen molar-refractivity contribution in [2.24, 2.45) is 0 Å². The fourth-order valence-electron chi connectivity index (χ4n) is 1.60. The lowest BCUT2D eigenvalue weighted by Crippen LogP contribution is -2.17.